The van der Waals surface area contributed by atoms with Crippen molar-refractivity contribution >= 4 is 11.8 Å². The van der Waals surface area contributed by atoms with Crippen molar-refractivity contribution in [3.8, 4) is 0 Å². The van der Waals surface area contributed by atoms with Crippen LogP contribution in [-0.4, -0.2) is 16.9 Å². The fourth-order valence-corrected chi connectivity index (χ4v) is 5.87. The summed E-state index contributed by atoms with van der Waals surface area (Å²) in [6, 6.07) is 0. The van der Waals surface area contributed by atoms with Gasteiger partial charge < -0.3 is 5.11 Å². The Morgan fingerprint density at radius 3 is 1.03 bits per heavy atom. The van der Waals surface area contributed by atoms with Crippen molar-refractivity contribution in [2.75, 3.05) is 0 Å². The summed E-state index contributed by atoms with van der Waals surface area (Å²) in [5, 5.41) is 9.27. The Morgan fingerprint density at radius 1 is 0.436 bits per heavy atom. The molecule has 0 fully saturated rings. The Kier molecular flexibility index (Phi) is 31.0. The summed E-state index contributed by atoms with van der Waals surface area (Å²) in [5.74, 6) is -0.886. The molecule has 232 valence electrons. The lowest BCUT2D eigenvalue weighted by Gasteiger charge is -2.14. The molecule has 0 amide bonds. The third-order valence-corrected chi connectivity index (χ3v) is 8.56. The van der Waals surface area contributed by atoms with Gasteiger partial charge in [-0.15, -0.1) is 0 Å². The van der Waals surface area contributed by atoms with E-state index in [0.717, 1.165) is 32.1 Å². The normalized spacial score (nSPS) is 12.2. The molecule has 0 heterocycles. The predicted octanol–water partition coefficient (Wildman–Crippen LogP) is 12.4. The number of aliphatic carboxylic acids is 1. The Labute approximate surface area is 245 Å². The van der Waals surface area contributed by atoms with Crippen LogP contribution in [0, 0.1) is 5.92 Å². The van der Waals surface area contributed by atoms with Crippen LogP contribution >= 0.6 is 0 Å². The highest BCUT2D eigenvalue weighted by atomic mass is 16.4. The predicted molar refractivity (Wildman–Crippen MR) is 171 cm³/mol. The van der Waals surface area contributed by atoms with Gasteiger partial charge in [-0.3, -0.25) is 9.59 Å². The molecule has 1 unspecified atom stereocenters. The first kappa shape index (κ1) is 38.1. The minimum atomic E-state index is -0.821. The standard InChI is InChI=1S/C36H70O3/c1-3-5-7-9-11-13-14-15-16-17-18-19-20-21-22-24-25-27-29-31-34(33-36(38)39)35(37)32-30-28-26-23-12-10-8-6-4-2/h34H,3-33H2,1-2H3,(H,38,39). The molecule has 3 heteroatoms. The van der Waals surface area contributed by atoms with Gasteiger partial charge in [0.25, 0.3) is 0 Å². The summed E-state index contributed by atoms with van der Waals surface area (Å²) >= 11 is 0. The molecule has 0 aliphatic heterocycles. The number of carbonyl (C=O) groups is 2. The number of hydrogen-bond acceptors (Lipinski definition) is 2. The van der Waals surface area contributed by atoms with E-state index >= 15 is 0 Å². The Balaban J connectivity index is 3.57. The number of hydrogen-bond donors (Lipinski definition) is 1. The van der Waals surface area contributed by atoms with E-state index in [1.165, 1.54) is 154 Å². The maximum atomic E-state index is 12.6. The summed E-state index contributed by atoms with van der Waals surface area (Å²) < 4.78 is 0. The molecule has 1 N–H and O–H groups in total. The van der Waals surface area contributed by atoms with Gasteiger partial charge in [0.2, 0.25) is 0 Å². The lowest BCUT2D eigenvalue weighted by molar-refractivity contribution is -0.140. The SMILES string of the molecule is CCCCCCCCCCCCCCCCCCCCCC(CC(=O)O)C(=O)CCCCCCCCCCC. The smallest absolute Gasteiger partial charge is 0.304 e. The number of unbranched alkanes of at least 4 members (excludes halogenated alkanes) is 26. The monoisotopic (exact) mass is 551 g/mol. The number of Topliss-reactive ketones (excluding diaryl/α,β-unsaturated/α-hetero) is 1. The van der Waals surface area contributed by atoms with Gasteiger partial charge in [-0.05, 0) is 12.8 Å². The summed E-state index contributed by atoms with van der Waals surface area (Å²) in [6.45, 7) is 4.53. The fraction of sp³-hybridized carbons (Fsp3) is 0.944. The van der Waals surface area contributed by atoms with Gasteiger partial charge in [0, 0.05) is 12.3 Å². The van der Waals surface area contributed by atoms with Gasteiger partial charge >= 0.3 is 5.97 Å². The van der Waals surface area contributed by atoms with Gasteiger partial charge in [-0.25, -0.2) is 0 Å². The molecule has 0 spiro atoms. The van der Waals surface area contributed by atoms with Crippen LogP contribution in [0.2, 0.25) is 0 Å². The van der Waals surface area contributed by atoms with Crippen LogP contribution in [0.1, 0.15) is 213 Å². The molecule has 0 saturated heterocycles. The number of ketones is 1. The van der Waals surface area contributed by atoms with E-state index in [1.807, 2.05) is 0 Å². The van der Waals surface area contributed by atoms with Crippen LogP contribution in [-0.2, 0) is 9.59 Å². The molecule has 0 aromatic carbocycles. The van der Waals surface area contributed by atoms with Crippen LogP contribution in [0.25, 0.3) is 0 Å². The lowest BCUT2D eigenvalue weighted by atomic mass is 9.90. The van der Waals surface area contributed by atoms with Crippen molar-refractivity contribution in [1.29, 1.82) is 0 Å². The first-order valence-corrected chi connectivity index (χ1v) is 17.9. The van der Waals surface area contributed by atoms with Crippen LogP contribution in [0.4, 0.5) is 0 Å². The minimum absolute atomic E-state index is 0.0231. The average molecular weight is 551 g/mol. The van der Waals surface area contributed by atoms with E-state index in [2.05, 4.69) is 13.8 Å². The third kappa shape index (κ3) is 29.9. The quantitative estimate of drug-likeness (QED) is 0.0826. The Bertz CT molecular complexity index is 515. The van der Waals surface area contributed by atoms with Crippen molar-refractivity contribution < 1.29 is 14.7 Å². The van der Waals surface area contributed by atoms with Gasteiger partial charge in [-0.1, -0.05) is 187 Å². The van der Waals surface area contributed by atoms with Crippen molar-refractivity contribution in [3.05, 3.63) is 0 Å². The third-order valence-electron chi connectivity index (χ3n) is 8.56. The van der Waals surface area contributed by atoms with Gasteiger partial charge in [0.1, 0.15) is 5.78 Å². The molecule has 39 heavy (non-hydrogen) atoms. The first-order valence-electron chi connectivity index (χ1n) is 17.9. The summed E-state index contributed by atoms with van der Waals surface area (Å²) in [5.41, 5.74) is 0. The van der Waals surface area contributed by atoms with Crippen molar-refractivity contribution in [2.24, 2.45) is 5.92 Å². The minimum Gasteiger partial charge on any atom is -0.481 e. The van der Waals surface area contributed by atoms with Crippen LogP contribution < -0.4 is 0 Å². The summed E-state index contributed by atoms with van der Waals surface area (Å²) in [7, 11) is 0. The highest BCUT2D eigenvalue weighted by Crippen LogP contribution is 2.20. The fourth-order valence-electron chi connectivity index (χ4n) is 5.87. The molecule has 1 atom stereocenters. The van der Waals surface area contributed by atoms with Crippen molar-refractivity contribution in [3.63, 3.8) is 0 Å². The molecule has 0 rings (SSSR count). The lowest BCUT2D eigenvalue weighted by Crippen LogP contribution is -2.18. The topological polar surface area (TPSA) is 54.4 Å². The van der Waals surface area contributed by atoms with E-state index < -0.39 is 5.97 Å². The zero-order chi connectivity index (χ0) is 28.7. The van der Waals surface area contributed by atoms with E-state index in [4.69, 9.17) is 0 Å². The number of rotatable bonds is 33. The molecule has 0 saturated carbocycles. The number of carboxylic acid groups (broad SMARTS) is 1. The molecule has 3 nitrogen and oxygen atoms in total. The number of carboxylic acids is 1. The highest BCUT2D eigenvalue weighted by Gasteiger charge is 2.20. The summed E-state index contributed by atoms with van der Waals surface area (Å²) in [4.78, 5) is 23.9. The molecule has 0 bridgehead atoms. The molecule has 0 radical (unpaired) electrons. The molecular formula is C36H70O3. The molecule has 0 aromatic heterocycles. The van der Waals surface area contributed by atoms with Crippen molar-refractivity contribution in [2.45, 2.75) is 213 Å². The Morgan fingerprint density at radius 2 is 0.718 bits per heavy atom. The first-order chi connectivity index (χ1) is 19.1. The molecule has 0 aliphatic rings. The maximum absolute atomic E-state index is 12.6. The largest absolute Gasteiger partial charge is 0.481 e. The van der Waals surface area contributed by atoms with Gasteiger partial charge in [0.15, 0.2) is 0 Å². The van der Waals surface area contributed by atoms with Crippen molar-refractivity contribution in [1.82, 2.24) is 0 Å². The van der Waals surface area contributed by atoms with Crippen LogP contribution in [0.5, 0.6) is 0 Å². The van der Waals surface area contributed by atoms with E-state index in [0.29, 0.717) is 6.42 Å². The second-order valence-corrected chi connectivity index (χ2v) is 12.5. The van der Waals surface area contributed by atoms with E-state index in [-0.39, 0.29) is 18.1 Å². The molecule has 0 aliphatic carbocycles. The highest BCUT2D eigenvalue weighted by molar-refractivity contribution is 5.84. The second-order valence-electron chi connectivity index (χ2n) is 12.5. The van der Waals surface area contributed by atoms with E-state index in [1.54, 1.807) is 0 Å². The maximum Gasteiger partial charge on any atom is 0.304 e. The van der Waals surface area contributed by atoms with Crippen LogP contribution in [0.15, 0.2) is 0 Å². The Hall–Kier alpha value is -0.860. The van der Waals surface area contributed by atoms with E-state index in [9.17, 15) is 14.7 Å². The zero-order valence-corrected chi connectivity index (χ0v) is 26.8. The number of carbonyl (C=O) groups excluding carboxylic acids is 1. The molecule has 0 aromatic rings. The second kappa shape index (κ2) is 31.7. The van der Waals surface area contributed by atoms with Gasteiger partial charge in [-0.2, -0.15) is 0 Å². The summed E-state index contributed by atoms with van der Waals surface area (Å²) in [6.07, 6.45) is 38.3. The zero-order valence-electron chi connectivity index (χ0n) is 26.8. The average Bonchev–Trinajstić information content (AvgIpc) is 2.92. The van der Waals surface area contributed by atoms with Crippen LogP contribution in [0.3, 0.4) is 0 Å². The molecular weight excluding hydrogens is 480 g/mol. The van der Waals surface area contributed by atoms with Gasteiger partial charge in [0.05, 0.1) is 6.42 Å².